The van der Waals surface area contributed by atoms with Gasteiger partial charge in [-0.25, -0.2) is 4.79 Å². The highest BCUT2D eigenvalue weighted by molar-refractivity contribution is 5.97. The summed E-state index contributed by atoms with van der Waals surface area (Å²) in [5, 5.41) is 61.5. The first-order valence-electron chi connectivity index (χ1n) is 15.5. The number of hydrogen-bond acceptors (Lipinski definition) is 12. The van der Waals surface area contributed by atoms with Gasteiger partial charge in [0.15, 0.2) is 6.04 Å². The molecule has 0 fully saturated rings. The molecular formula is C29H53N7O12. The fourth-order valence-electron chi connectivity index (χ4n) is 4.20. The Kier molecular flexibility index (Phi) is 19.4. The summed E-state index contributed by atoms with van der Waals surface area (Å²) < 4.78 is 0. The molecule has 9 atom stereocenters. The van der Waals surface area contributed by atoms with E-state index in [-0.39, 0.29) is 24.7 Å². The van der Waals surface area contributed by atoms with Gasteiger partial charge in [-0.3, -0.25) is 28.8 Å². The Hall–Kier alpha value is -3.91. The zero-order chi connectivity index (χ0) is 37.5. The number of rotatable bonds is 21. The number of hydrogen-bond donors (Lipinski definition) is 12. The van der Waals surface area contributed by atoms with Gasteiger partial charge in [-0.15, -0.1) is 0 Å². The molecule has 19 nitrogen and oxygen atoms in total. The van der Waals surface area contributed by atoms with Gasteiger partial charge in [0.1, 0.15) is 36.3 Å². The van der Waals surface area contributed by atoms with Gasteiger partial charge in [0.2, 0.25) is 35.4 Å². The Morgan fingerprint density at radius 1 is 0.521 bits per heavy atom. The predicted octanol–water partition coefficient (Wildman–Crippen LogP) is -4.83. The number of nitrogens with two attached hydrogens (primary N) is 1. The second-order valence-corrected chi connectivity index (χ2v) is 12.4. The average Bonchev–Trinajstić information content (AvgIpc) is 2.98. The minimum absolute atomic E-state index is 0.0553. The van der Waals surface area contributed by atoms with Crippen LogP contribution in [0.5, 0.6) is 0 Å². The molecule has 0 aromatic rings. The van der Waals surface area contributed by atoms with Crippen LogP contribution in [-0.2, 0) is 33.6 Å². The molecule has 0 spiro atoms. The Labute approximate surface area is 279 Å². The molecule has 0 unspecified atom stereocenters. The SMILES string of the molecule is CC(C)C[C@H](NC(=O)[C@H](CC(C)C)NC(=O)[C@@H](N)CO)C(=O)N[C@@H](C)C(=O)N[C@@H](CO)C(=O)N[C@H](C(=O)N[C@H](C(=O)O)[C@@H](C)O)[C@@H](C)O. The van der Waals surface area contributed by atoms with Gasteiger partial charge >= 0.3 is 5.97 Å². The van der Waals surface area contributed by atoms with Crippen LogP contribution in [0.25, 0.3) is 0 Å². The minimum atomic E-state index is -1.76. The van der Waals surface area contributed by atoms with E-state index in [4.69, 9.17) is 10.8 Å². The number of carboxylic acid groups (broad SMARTS) is 1. The number of aliphatic hydroxyl groups is 4. The van der Waals surface area contributed by atoms with E-state index in [1.807, 2.05) is 19.2 Å². The molecule has 0 bridgehead atoms. The van der Waals surface area contributed by atoms with Crippen LogP contribution in [0.15, 0.2) is 0 Å². The van der Waals surface area contributed by atoms with E-state index in [2.05, 4.69) is 26.6 Å². The predicted molar refractivity (Wildman–Crippen MR) is 169 cm³/mol. The van der Waals surface area contributed by atoms with E-state index in [9.17, 15) is 54.0 Å². The molecule has 0 saturated carbocycles. The maximum absolute atomic E-state index is 13.2. The highest BCUT2D eigenvalue weighted by atomic mass is 16.4. The van der Waals surface area contributed by atoms with Crippen LogP contribution in [0.1, 0.15) is 61.3 Å². The number of carbonyl (C=O) groups excluding carboxylic acids is 6. The maximum Gasteiger partial charge on any atom is 0.328 e. The molecule has 0 aliphatic heterocycles. The van der Waals surface area contributed by atoms with Crippen molar-refractivity contribution in [3.05, 3.63) is 0 Å². The molecule has 0 aliphatic carbocycles. The minimum Gasteiger partial charge on any atom is -0.480 e. The molecule has 276 valence electrons. The van der Waals surface area contributed by atoms with Crippen LogP contribution in [-0.4, -0.2) is 135 Å². The van der Waals surface area contributed by atoms with Gasteiger partial charge in [-0.2, -0.15) is 0 Å². The Morgan fingerprint density at radius 3 is 1.31 bits per heavy atom. The summed E-state index contributed by atoms with van der Waals surface area (Å²) in [6.45, 7) is 9.04. The molecule has 19 heteroatoms. The molecule has 13 N–H and O–H groups in total. The van der Waals surface area contributed by atoms with Crippen molar-refractivity contribution in [1.29, 1.82) is 0 Å². The molecule has 0 rings (SSSR count). The number of carboxylic acids is 1. The lowest BCUT2D eigenvalue weighted by molar-refractivity contribution is -0.146. The van der Waals surface area contributed by atoms with Crippen molar-refractivity contribution in [3.8, 4) is 0 Å². The molecule has 0 heterocycles. The largest absolute Gasteiger partial charge is 0.480 e. The normalized spacial score (nSPS) is 17.0. The van der Waals surface area contributed by atoms with Gasteiger partial charge < -0.3 is 63.2 Å². The Morgan fingerprint density at radius 2 is 0.917 bits per heavy atom. The average molecular weight is 692 g/mol. The van der Waals surface area contributed by atoms with Crippen molar-refractivity contribution in [2.24, 2.45) is 17.6 Å². The summed E-state index contributed by atoms with van der Waals surface area (Å²) in [6, 6.07) is -10.0. The molecule has 0 aliphatic rings. The summed E-state index contributed by atoms with van der Waals surface area (Å²) >= 11 is 0. The zero-order valence-electron chi connectivity index (χ0n) is 28.4. The van der Waals surface area contributed by atoms with Crippen LogP contribution in [0.3, 0.4) is 0 Å². The summed E-state index contributed by atoms with van der Waals surface area (Å²) in [5.74, 6) is -7.24. The highest BCUT2D eigenvalue weighted by Crippen LogP contribution is 2.10. The molecule has 0 aromatic heterocycles. The first-order valence-corrected chi connectivity index (χ1v) is 15.5. The summed E-state index contributed by atoms with van der Waals surface area (Å²) in [6.07, 6.45) is -2.77. The highest BCUT2D eigenvalue weighted by Gasteiger charge is 2.35. The number of nitrogens with one attached hydrogen (secondary N) is 6. The standard InChI is InChI=1S/C29H53N7O12/c1-12(2)8-18(33-26(44)19(9-13(3)4)32-24(42)17(30)10-37)25(43)31-14(5)23(41)34-20(11-38)27(45)35-21(15(6)39)28(46)36-22(16(7)40)29(47)48/h12-22,37-40H,8-11,30H2,1-7H3,(H,31,43)(H,32,42)(H,33,44)(H,34,41)(H,35,45)(H,36,46)(H,47,48)/t14-,15+,16+,17-,18-,19-,20-,21-,22-/m0/s1. The van der Waals surface area contributed by atoms with Crippen molar-refractivity contribution in [2.45, 2.75) is 116 Å². The van der Waals surface area contributed by atoms with Crippen molar-refractivity contribution in [1.82, 2.24) is 31.9 Å². The summed E-state index contributed by atoms with van der Waals surface area (Å²) in [5.41, 5.74) is 5.55. The van der Waals surface area contributed by atoms with Crippen molar-refractivity contribution < 1.29 is 59.1 Å². The van der Waals surface area contributed by atoms with Crippen LogP contribution in [0.4, 0.5) is 0 Å². The number of carbonyl (C=O) groups is 7. The molecule has 0 radical (unpaired) electrons. The second kappa shape index (κ2) is 21.1. The van der Waals surface area contributed by atoms with Crippen molar-refractivity contribution in [3.63, 3.8) is 0 Å². The van der Waals surface area contributed by atoms with Gasteiger partial charge in [0, 0.05) is 0 Å². The smallest absolute Gasteiger partial charge is 0.328 e. The van der Waals surface area contributed by atoms with Gasteiger partial charge in [-0.1, -0.05) is 27.7 Å². The summed E-state index contributed by atoms with van der Waals surface area (Å²) in [7, 11) is 0. The Balaban J connectivity index is 5.67. The zero-order valence-corrected chi connectivity index (χ0v) is 28.4. The quantitative estimate of drug-likeness (QED) is 0.0538. The van der Waals surface area contributed by atoms with Gasteiger partial charge in [0.05, 0.1) is 25.4 Å². The summed E-state index contributed by atoms with van der Waals surface area (Å²) in [4.78, 5) is 88.3. The van der Waals surface area contributed by atoms with E-state index in [0.29, 0.717) is 0 Å². The molecule has 0 aromatic carbocycles. The molecule has 48 heavy (non-hydrogen) atoms. The maximum atomic E-state index is 13.2. The van der Waals surface area contributed by atoms with E-state index in [1.165, 1.54) is 6.92 Å². The first kappa shape index (κ1) is 44.1. The van der Waals surface area contributed by atoms with E-state index < -0.39 is 109 Å². The van der Waals surface area contributed by atoms with Crippen LogP contribution in [0, 0.1) is 11.8 Å². The number of aliphatic carboxylic acids is 1. The number of aliphatic hydroxyl groups excluding tert-OH is 4. The third-order valence-electron chi connectivity index (χ3n) is 6.89. The molecule has 6 amide bonds. The first-order chi connectivity index (χ1) is 22.2. The number of amides is 6. The van der Waals surface area contributed by atoms with E-state index in [1.54, 1.807) is 13.8 Å². The second-order valence-electron chi connectivity index (χ2n) is 12.4. The van der Waals surface area contributed by atoms with Crippen molar-refractivity contribution >= 4 is 41.4 Å². The lowest BCUT2D eigenvalue weighted by atomic mass is 9.99. The lowest BCUT2D eigenvalue weighted by Gasteiger charge is -2.27. The van der Waals surface area contributed by atoms with Gasteiger partial charge in [-0.05, 0) is 45.4 Å². The fourth-order valence-corrected chi connectivity index (χ4v) is 4.20. The Bertz CT molecular complexity index is 1120. The third-order valence-corrected chi connectivity index (χ3v) is 6.89. The van der Waals surface area contributed by atoms with Crippen LogP contribution >= 0.6 is 0 Å². The topological polar surface area (TPSA) is 319 Å². The van der Waals surface area contributed by atoms with E-state index >= 15 is 0 Å². The third kappa shape index (κ3) is 15.3. The monoisotopic (exact) mass is 691 g/mol. The fraction of sp³-hybridized carbons (Fsp3) is 0.759. The van der Waals surface area contributed by atoms with E-state index in [0.717, 1.165) is 13.8 Å². The lowest BCUT2D eigenvalue weighted by Crippen LogP contribution is -2.62. The van der Waals surface area contributed by atoms with Crippen LogP contribution < -0.4 is 37.6 Å². The van der Waals surface area contributed by atoms with Crippen LogP contribution in [0.2, 0.25) is 0 Å². The van der Waals surface area contributed by atoms with Gasteiger partial charge in [0.25, 0.3) is 0 Å². The molecular weight excluding hydrogens is 638 g/mol. The molecule has 0 saturated heterocycles. The van der Waals surface area contributed by atoms with Crippen molar-refractivity contribution in [2.75, 3.05) is 13.2 Å².